The van der Waals surface area contributed by atoms with Crippen molar-refractivity contribution in [2.75, 3.05) is 5.75 Å². The van der Waals surface area contributed by atoms with Crippen LogP contribution in [0.3, 0.4) is 0 Å². The minimum Gasteiger partial charge on any atom is -0.389 e. The molecule has 118 valence electrons. The number of rotatable bonds is 5. The van der Waals surface area contributed by atoms with Gasteiger partial charge in [0.1, 0.15) is 6.10 Å². The second-order valence-electron chi connectivity index (χ2n) is 5.25. The number of aliphatic hydroxyl groups excluding tert-OH is 2. The van der Waals surface area contributed by atoms with Gasteiger partial charge in [-0.2, -0.15) is 5.10 Å². The van der Waals surface area contributed by atoms with Crippen LogP contribution in [0.4, 0.5) is 0 Å². The second-order valence-corrected chi connectivity index (χ2v) is 6.45. The van der Waals surface area contributed by atoms with E-state index in [-0.39, 0.29) is 10.9 Å². The van der Waals surface area contributed by atoms with Gasteiger partial charge in [-0.1, -0.05) is 23.9 Å². The topological polar surface area (TPSA) is 75.3 Å². The largest absolute Gasteiger partial charge is 0.389 e. The smallest absolute Gasteiger partial charge is 0.185 e. The molecular weight excluding hydrogens is 300 g/mol. The molecule has 1 heterocycles. The maximum absolute atomic E-state index is 10.9. The molecule has 1 aromatic heterocycles. The van der Waals surface area contributed by atoms with Gasteiger partial charge in [-0.3, -0.25) is 4.79 Å². The molecule has 0 saturated carbocycles. The van der Waals surface area contributed by atoms with Crippen LogP contribution in [0.25, 0.3) is 5.69 Å². The average molecular weight is 320 g/mol. The van der Waals surface area contributed by atoms with Crippen molar-refractivity contribution in [3.63, 3.8) is 0 Å². The summed E-state index contributed by atoms with van der Waals surface area (Å²) in [6.45, 7) is 5.32. The molecule has 2 aromatic rings. The van der Waals surface area contributed by atoms with Crippen LogP contribution < -0.4 is 0 Å². The Morgan fingerprint density at radius 1 is 1.32 bits per heavy atom. The first-order chi connectivity index (χ1) is 10.4. The highest BCUT2D eigenvalue weighted by atomic mass is 32.2. The van der Waals surface area contributed by atoms with E-state index in [1.54, 1.807) is 16.8 Å². The summed E-state index contributed by atoms with van der Waals surface area (Å²) in [6.07, 6.45) is -2.03. The van der Waals surface area contributed by atoms with Crippen LogP contribution in [-0.4, -0.2) is 37.0 Å². The minimum atomic E-state index is -1.04. The number of benzene rings is 1. The normalized spacial score (nSPS) is 13.9. The lowest BCUT2D eigenvalue weighted by molar-refractivity contribution is -0.109. The van der Waals surface area contributed by atoms with Crippen molar-refractivity contribution in [3.8, 4) is 5.69 Å². The lowest BCUT2D eigenvalue weighted by atomic mass is 10.0. The van der Waals surface area contributed by atoms with Crippen LogP contribution in [0, 0.1) is 13.8 Å². The third-order valence-corrected chi connectivity index (χ3v) is 4.20. The van der Waals surface area contributed by atoms with Crippen molar-refractivity contribution in [2.24, 2.45) is 0 Å². The molecule has 6 heteroatoms. The molecule has 0 aliphatic heterocycles. The van der Waals surface area contributed by atoms with Gasteiger partial charge in [0.2, 0.25) is 0 Å². The summed E-state index contributed by atoms with van der Waals surface area (Å²) < 4.78 is 1.79. The van der Waals surface area contributed by atoms with Gasteiger partial charge >= 0.3 is 0 Å². The SMILES string of the molecule is CC(=O)SCC(O)C(O)c1cccc(-n2nc(C)cc2C)c1. The van der Waals surface area contributed by atoms with Gasteiger partial charge in [-0.15, -0.1) is 0 Å². The Kier molecular flexibility index (Phi) is 5.39. The van der Waals surface area contributed by atoms with Crippen molar-refractivity contribution >= 4 is 16.9 Å². The third kappa shape index (κ3) is 3.97. The number of aliphatic hydroxyl groups is 2. The fraction of sp³-hybridized carbons (Fsp3) is 0.375. The first-order valence-electron chi connectivity index (χ1n) is 7.01. The van der Waals surface area contributed by atoms with Gasteiger partial charge < -0.3 is 10.2 Å². The summed E-state index contributed by atoms with van der Waals surface area (Å²) >= 11 is 1.00. The zero-order valence-electron chi connectivity index (χ0n) is 12.9. The molecule has 2 atom stereocenters. The lowest BCUT2D eigenvalue weighted by Gasteiger charge is -2.18. The van der Waals surface area contributed by atoms with Gasteiger partial charge in [0.15, 0.2) is 5.12 Å². The first-order valence-corrected chi connectivity index (χ1v) is 8.00. The van der Waals surface area contributed by atoms with Gasteiger partial charge in [-0.05, 0) is 37.6 Å². The highest BCUT2D eigenvalue weighted by Crippen LogP contribution is 2.23. The van der Waals surface area contributed by atoms with Crippen LogP contribution in [0.1, 0.15) is 30.0 Å². The number of aryl methyl sites for hydroxylation is 2. The molecule has 0 radical (unpaired) electrons. The summed E-state index contributed by atoms with van der Waals surface area (Å²) in [5.74, 6) is 0.167. The molecule has 5 nitrogen and oxygen atoms in total. The van der Waals surface area contributed by atoms with E-state index in [0.29, 0.717) is 5.56 Å². The Balaban J connectivity index is 2.20. The first kappa shape index (κ1) is 16.7. The molecule has 0 fully saturated rings. The zero-order valence-corrected chi connectivity index (χ0v) is 13.7. The molecule has 0 amide bonds. The second kappa shape index (κ2) is 7.09. The molecule has 0 aliphatic carbocycles. The highest BCUT2D eigenvalue weighted by molar-refractivity contribution is 8.13. The third-order valence-electron chi connectivity index (χ3n) is 3.29. The van der Waals surface area contributed by atoms with Crippen LogP contribution in [0.15, 0.2) is 30.3 Å². The number of hydrogen-bond acceptors (Lipinski definition) is 5. The van der Waals surface area contributed by atoms with Crippen LogP contribution >= 0.6 is 11.8 Å². The van der Waals surface area contributed by atoms with Crippen molar-refractivity contribution in [3.05, 3.63) is 47.3 Å². The van der Waals surface area contributed by atoms with Gasteiger partial charge in [0.05, 0.1) is 17.5 Å². The molecule has 0 aliphatic rings. The molecular formula is C16H20N2O3S. The van der Waals surface area contributed by atoms with E-state index in [1.807, 2.05) is 32.0 Å². The quantitative estimate of drug-likeness (QED) is 0.883. The maximum atomic E-state index is 10.9. The van der Waals surface area contributed by atoms with Gasteiger partial charge in [0.25, 0.3) is 0 Å². The van der Waals surface area contributed by atoms with Gasteiger partial charge in [-0.25, -0.2) is 4.68 Å². The molecule has 0 bridgehead atoms. The molecule has 2 N–H and O–H groups in total. The number of carbonyl (C=O) groups excluding carboxylic acids is 1. The van der Waals surface area contributed by atoms with Gasteiger partial charge in [0, 0.05) is 18.4 Å². The van der Waals surface area contributed by atoms with Crippen LogP contribution in [0.2, 0.25) is 0 Å². The summed E-state index contributed by atoms with van der Waals surface area (Å²) in [5, 5.41) is 24.6. The summed E-state index contributed by atoms with van der Waals surface area (Å²) in [7, 11) is 0. The molecule has 2 unspecified atom stereocenters. The van der Waals surface area contributed by atoms with Crippen molar-refractivity contribution in [1.29, 1.82) is 0 Å². The zero-order chi connectivity index (χ0) is 16.3. The van der Waals surface area contributed by atoms with E-state index in [0.717, 1.165) is 28.8 Å². The lowest BCUT2D eigenvalue weighted by Crippen LogP contribution is -2.21. The van der Waals surface area contributed by atoms with E-state index in [9.17, 15) is 15.0 Å². The predicted molar refractivity (Wildman–Crippen MR) is 87.1 cm³/mol. The van der Waals surface area contributed by atoms with E-state index < -0.39 is 12.2 Å². The van der Waals surface area contributed by atoms with E-state index in [4.69, 9.17) is 0 Å². The van der Waals surface area contributed by atoms with Crippen LogP contribution in [0.5, 0.6) is 0 Å². The predicted octanol–water partition coefficient (Wildman–Crippen LogP) is 2.16. The Bertz CT molecular complexity index is 669. The fourth-order valence-electron chi connectivity index (χ4n) is 2.25. The Labute approximate surface area is 134 Å². The summed E-state index contributed by atoms with van der Waals surface area (Å²) in [4.78, 5) is 10.9. The Morgan fingerprint density at radius 2 is 2.05 bits per heavy atom. The minimum absolute atomic E-state index is 0.0809. The van der Waals surface area contributed by atoms with Crippen molar-refractivity contribution in [2.45, 2.75) is 33.0 Å². The molecule has 22 heavy (non-hydrogen) atoms. The highest BCUT2D eigenvalue weighted by Gasteiger charge is 2.19. The molecule has 0 saturated heterocycles. The number of hydrogen-bond donors (Lipinski definition) is 2. The van der Waals surface area contributed by atoms with Crippen LogP contribution in [-0.2, 0) is 4.79 Å². The Morgan fingerprint density at radius 3 is 2.64 bits per heavy atom. The monoisotopic (exact) mass is 320 g/mol. The van der Waals surface area contributed by atoms with E-state index in [2.05, 4.69) is 5.10 Å². The summed E-state index contributed by atoms with van der Waals surface area (Å²) in [6, 6.07) is 9.23. The standard InChI is InChI=1S/C16H20N2O3S/c1-10-7-11(2)18(17-10)14-6-4-5-13(8-14)16(21)15(20)9-22-12(3)19/h4-8,15-16,20-21H,9H2,1-3H3. The number of carbonyl (C=O) groups is 1. The van der Waals surface area contributed by atoms with E-state index in [1.165, 1.54) is 6.92 Å². The number of nitrogens with zero attached hydrogens (tertiary/aromatic N) is 2. The average Bonchev–Trinajstić information content (AvgIpc) is 2.82. The maximum Gasteiger partial charge on any atom is 0.185 e. The fourth-order valence-corrected chi connectivity index (χ4v) is 2.83. The molecule has 2 rings (SSSR count). The Hall–Kier alpha value is -1.63. The summed E-state index contributed by atoms with van der Waals surface area (Å²) in [5.41, 5.74) is 3.34. The van der Waals surface area contributed by atoms with E-state index >= 15 is 0 Å². The van der Waals surface area contributed by atoms with Crippen molar-refractivity contribution < 1.29 is 15.0 Å². The van der Waals surface area contributed by atoms with Crippen molar-refractivity contribution in [1.82, 2.24) is 9.78 Å². The number of thioether (sulfide) groups is 1. The molecule has 0 spiro atoms. The number of aromatic nitrogens is 2. The molecule has 1 aromatic carbocycles.